The Kier molecular flexibility index (Phi) is 3.62. The van der Waals surface area contributed by atoms with Crippen LogP contribution in [0, 0.1) is 17.1 Å². The van der Waals surface area contributed by atoms with Crippen molar-refractivity contribution in [2.24, 2.45) is 0 Å². The van der Waals surface area contributed by atoms with Gasteiger partial charge >= 0.3 is 0 Å². The van der Waals surface area contributed by atoms with E-state index in [-0.39, 0.29) is 11.6 Å². The first kappa shape index (κ1) is 14.0. The summed E-state index contributed by atoms with van der Waals surface area (Å²) >= 11 is 0. The van der Waals surface area contributed by atoms with Gasteiger partial charge in [0.15, 0.2) is 0 Å². The molecule has 0 amide bonds. The van der Waals surface area contributed by atoms with Gasteiger partial charge in [0.05, 0.1) is 17.7 Å². The normalized spacial score (nSPS) is 24.4. The highest BCUT2D eigenvalue weighted by Gasteiger charge is 2.38. The van der Waals surface area contributed by atoms with Crippen LogP contribution in [0.4, 0.5) is 4.39 Å². The number of benzene rings is 1. The molecule has 1 unspecified atom stereocenters. The molecule has 2 atom stereocenters. The van der Waals surface area contributed by atoms with E-state index in [9.17, 15) is 9.50 Å². The molecule has 1 N–H and O–H groups in total. The molecule has 0 saturated carbocycles. The summed E-state index contributed by atoms with van der Waals surface area (Å²) < 4.78 is 13.6. The maximum atomic E-state index is 13.6. The summed E-state index contributed by atoms with van der Waals surface area (Å²) in [5.41, 5.74) is 0.981. The molecule has 1 aliphatic rings. The van der Waals surface area contributed by atoms with Crippen LogP contribution < -0.4 is 0 Å². The first-order valence-electron chi connectivity index (χ1n) is 6.46. The highest BCUT2D eigenvalue weighted by molar-refractivity contribution is 5.35. The van der Waals surface area contributed by atoms with Crippen LogP contribution in [0.5, 0.6) is 0 Å². The molecule has 0 aliphatic carbocycles. The second-order valence-electron chi connectivity index (χ2n) is 6.11. The zero-order chi connectivity index (χ0) is 14.2. The Morgan fingerprint density at radius 1 is 1.37 bits per heavy atom. The molecule has 0 spiro atoms. The molecule has 0 aromatic heterocycles. The van der Waals surface area contributed by atoms with Gasteiger partial charge in [0.2, 0.25) is 0 Å². The van der Waals surface area contributed by atoms with Crippen LogP contribution in [0.15, 0.2) is 18.2 Å². The molecule has 19 heavy (non-hydrogen) atoms. The van der Waals surface area contributed by atoms with Crippen molar-refractivity contribution in [2.75, 3.05) is 6.54 Å². The number of hydrogen-bond acceptors (Lipinski definition) is 3. The van der Waals surface area contributed by atoms with E-state index in [1.807, 2.05) is 6.07 Å². The van der Waals surface area contributed by atoms with E-state index >= 15 is 0 Å². The van der Waals surface area contributed by atoms with Crippen molar-refractivity contribution in [1.29, 1.82) is 5.26 Å². The van der Waals surface area contributed by atoms with Crippen molar-refractivity contribution in [3.05, 3.63) is 35.1 Å². The van der Waals surface area contributed by atoms with Crippen molar-refractivity contribution in [2.45, 2.75) is 44.9 Å². The summed E-state index contributed by atoms with van der Waals surface area (Å²) in [6, 6.07) is 6.34. The van der Waals surface area contributed by atoms with Crippen molar-refractivity contribution < 1.29 is 9.50 Å². The number of likely N-dealkylation sites (tertiary alicyclic amines) is 1. The van der Waals surface area contributed by atoms with Crippen LogP contribution in [-0.2, 0) is 0 Å². The number of rotatable bonds is 1. The second-order valence-corrected chi connectivity index (χ2v) is 6.11. The maximum Gasteiger partial charge on any atom is 0.124 e. The average Bonchev–Trinajstić information content (AvgIpc) is 2.70. The third-order valence-electron chi connectivity index (χ3n) is 3.57. The standard InChI is InChI=1S/C15H19FN2O/c1-15(2,3)18-9-13(19)7-14(18)11-4-10(8-17)5-12(16)6-11/h4-6,13-14,19H,7,9H2,1-3H3/t13-,14?/m1/s1. The summed E-state index contributed by atoms with van der Waals surface area (Å²) in [5.74, 6) is -0.399. The summed E-state index contributed by atoms with van der Waals surface area (Å²) in [6.45, 7) is 6.79. The van der Waals surface area contributed by atoms with Crippen LogP contribution in [0.3, 0.4) is 0 Å². The minimum Gasteiger partial charge on any atom is -0.392 e. The van der Waals surface area contributed by atoms with Gasteiger partial charge in [-0.2, -0.15) is 5.26 Å². The van der Waals surface area contributed by atoms with Gasteiger partial charge in [-0.3, -0.25) is 4.90 Å². The van der Waals surface area contributed by atoms with E-state index in [1.165, 1.54) is 12.1 Å². The lowest BCUT2D eigenvalue weighted by Crippen LogP contribution is -2.41. The number of nitrogens with zero attached hydrogens (tertiary/aromatic N) is 2. The predicted octanol–water partition coefficient (Wildman–Crippen LogP) is 2.60. The van der Waals surface area contributed by atoms with Crippen LogP contribution in [0.2, 0.25) is 0 Å². The molecule has 1 heterocycles. The molecule has 1 aromatic carbocycles. The molecule has 0 radical (unpaired) electrons. The summed E-state index contributed by atoms with van der Waals surface area (Å²) in [6.07, 6.45) is 0.170. The van der Waals surface area contributed by atoms with Crippen LogP contribution >= 0.6 is 0 Å². The summed E-state index contributed by atoms with van der Waals surface area (Å²) in [7, 11) is 0. The average molecular weight is 262 g/mol. The smallest absolute Gasteiger partial charge is 0.124 e. The molecule has 3 nitrogen and oxygen atoms in total. The van der Waals surface area contributed by atoms with Gasteiger partial charge in [-0.1, -0.05) is 0 Å². The fraction of sp³-hybridized carbons (Fsp3) is 0.533. The predicted molar refractivity (Wildman–Crippen MR) is 70.9 cm³/mol. The van der Waals surface area contributed by atoms with Crippen molar-refractivity contribution in [1.82, 2.24) is 4.90 Å². The van der Waals surface area contributed by atoms with Gasteiger partial charge in [0.1, 0.15) is 5.82 Å². The molecule has 1 aliphatic heterocycles. The Hall–Kier alpha value is -1.44. The molecular formula is C15H19FN2O. The molecule has 1 fully saturated rings. The van der Waals surface area contributed by atoms with Gasteiger partial charge in [0.25, 0.3) is 0 Å². The fourth-order valence-electron chi connectivity index (χ4n) is 2.74. The minimum atomic E-state index is -0.405. The Bertz CT molecular complexity index is 516. The number of nitriles is 1. The van der Waals surface area contributed by atoms with Gasteiger partial charge in [-0.25, -0.2) is 4.39 Å². The molecule has 4 heteroatoms. The van der Waals surface area contributed by atoms with E-state index in [2.05, 4.69) is 25.7 Å². The highest BCUT2D eigenvalue weighted by atomic mass is 19.1. The fourth-order valence-corrected chi connectivity index (χ4v) is 2.74. The zero-order valence-corrected chi connectivity index (χ0v) is 11.5. The number of β-amino-alcohol motifs (C(OH)–C–C–N with tert-alkyl or cyclic N) is 1. The Labute approximate surface area is 113 Å². The molecule has 0 bridgehead atoms. The minimum absolute atomic E-state index is 0.0437. The zero-order valence-electron chi connectivity index (χ0n) is 11.5. The summed E-state index contributed by atoms with van der Waals surface area (Å²) in [5, 5.41) is 18.8. The van der Waals surface area contributed by atoms with Gasteiger partial charge in [-0.05, 0) is 51.0 Å². The number of hydrogen-bond donors (Lipinski definition) is 1. The number of aliphatic hydroxyl groups excluding tert-OH is 1. The number of halogens is 1. The Morgan fingerprint density at radius 2 is 2.05 bits per heavy atom. The van der Waals surface area contributed by atoms with Crippen molar-refractivity contribution in [3.8, 4) is 6.07 Å². The topological polar surface area (TPSA) is 47.3 Å². The van der Waals surface area contributed by atoms with Gasteiger partial charge < -0.3 is 5.11 Å². The summed E-state index contributed by atoms with van der Waals surface area (Å²) in [4.78, 5) is 2.16. The molecule has 1 aromatic rings. The van der Waals surface area contributed by atoms with Gasteiger partial charge in [-0.15, -0.1) is 0 Å². The van der Waals surface area contributed by atoms with Crippen LogP contribution in [0.25, 0.3) is 0 Å². The number of aliphatic hydroxyl groups is 1. The maximum absolute atomic E-state index is 13.6. The Balaban J connectivity index is 2.40. The van der Waals surface area contributed by atoms with E-state index < -0.39 is 11.9 Å². The second kappa shape index (κ2) is 4.92. The lowest BCUT2D eigenvalue weighted by atomic mass is 9.97. The largest absolute Gasteiger partial charge is 0.392 e. The van der Waals surface area contributed by atoms with Crippen molar-refractivity contribution >= 4 is 0 Å². The highest BCUT2D eigenvalue weighted by Crippen LogP contribution is 2.37. The lowest BCUT2D eigenvalue weighted by Gasteiger charge is -2.37. The quantitative estimate of drug-likeness (QED) is 0.846. The first-order chi connectivity index (χ1) is 8.81. The van der Waals surface area contributed by atoms with Crippen LogP contribution in [0.1, 0.15) is 44.4 Å². The van der Waals surface area contributed by atoms with Gasteiger partial charge in [0, 0.05) is 18.1 Å². The van der Waals surface area contributed by atoms with E-state index in [0.717, 1.165) is 5.56 Å². The third kappa shape index (κ3) is 2.94. The van der Waals surface area contributed by atoms with E-state index in [0.29, 0.717) is 18.5 Å². The monoisotopic (exact) mass is 262 g/mol. The van der Waals surface area contributed by atoms with E-state index in [1.54, 1.807) is 6.07 Å². The SMILES string of the molecule is CC(C)(C)N1C[C@H](O)CC1c1cc(F)cc(C#N)c1. The molecular weight excluding hydrogens is 243 g/mol. The van der Waals surface area contributed by atoms with E-state index in [4.69, 9.17) is 5.26 Å². The lowest BCUT2D eigenvalue weighted by molar-refractivity contribution is 0.104. The molecule has 102 valence electrons. The molecule has 1 saturated heterocycles. The van der Waals surface area contributed by atoms with Crippen molar-refractivity contribution in [3.63, 3.8) is 0 Å². The third-order valence-corrected chi connectivity index (χ3v) is 3.57. The first-order valence-corrected chi connectivity index (χ1v) is 6.46. The Morgan fingerprint density at radius 3 is 2.63 bits per heavy atom. The molecule has 2 rings (SSSR count). The van der Waals surface area contributed by atoms with Crippen LogP contribution in [-0.4, -0.2) is 28.2 Å².